The van der Waals surface area contributed by atoms with E-state index in [0.717, 1.165) is 22.9 Å². The zero-order valence-electron chi connectivity index (χ0n) is 12.7. The minimum absolute atomic E-state index is 0.428. The van der Waals surface area contributed by atoms with Crippen LogP contribution in [0.5, 0.6) is 0 Å². The monoisotopic (exact) mass is 330 g/mol. The van der Waals surface area contributed by atoms with Crippen molar-refractivity contribution in [1.29, 1.82) is 0 Å². The third-order valence-corrected chi connectivity index (χ3v) is 3.78. The van der Waals surface area contributed by atoms with Gasteiger partial charge >= 0.3 is 12.1 Å². The predicted molar refractivity (Wildman–Crippen MR) is 85.7 cm³/mol. The van der Waals surface area contributed by atoms with Crippen molar-refractivity contribution >= 4 is 16.7 Å². The highest BCUT2D eigenvalue weighted by Gasteiger charge is 2.30. The average Bonchev–Trinajstić information content (AvgIpc) is 2.59. The van der Waals surface area contributed by atoms with E-state index in [1.54, 1.807) is 42.5 Å². The van der Waals surface area contributed by atoms with Gasteiger partial charge < -0.3 is 4.74 Å². The Morgan fingerprint density at radius 2 is 1.54 bits per heavy atom. The number of fused-ring (bicyclic) bond motifs is 1. The first-order valence-corrected chi connectivity index (χ1v) is 7.18. The standard InChI is InChI=1S/C19H13F3O2/c1-24-18(23)16-8-7-14-9-13(5-6-15(14)10-16)12-3-2-4-17(11-12)19(20,21)22/h2-11H,1H3. The molecular weight excluding hydrogens is 317 g/mol. The molecule has 3 rings (SSSR count). The number of methoxy groups -OCH3 is 1. The lowest BCUT2D eigenvalue weighted by molar-refractivity contribution is -0.137. The molecule has 0 saturated heterocycles. The number of carbonyl (C=O) groups is 1. The second kappa shape index (κ2) is 6.00. The summed E-state index contributed by atoms with van der Waals surface area (Å²) in [6.45, 7) is 0. The molecule has 0 aliphatic heterocycles. The summed E-state index contributed by atoms with van der Waals surface area (Å²) < 4.78 is 43.2. The Hall–Kier alpha value is -2.82. The van der Waals surface area contributed by atoms with Gasteiger partial charge in [0, 0.05) is 0 Å². The SMILES string of the molecule is COC(=O)c1ccc2cc(-c3cccc(C(F)(F)F)c3)ccc2c1. The van der Waals surface area contributed by atoms with Crippen molar-refractivity contribution in [2.45, 2.75) is 6.18 Å². The van der Waals surface area contributed by atoms with Gasteiger partial charge in [-0.15, -0.1) is 0 Å². The molecule has 0 N–H and O–H groups in total. The smallest absolute Gasteiger partial charge is 0.416 e. The highest BCUT2D eigenvalue weighted by Crippen LogP contribution is 2.33. The van der Waals surface area contributed by atoms with E-state index in [4.69, 9.17) is 0 Å². The van der Waals surface area contributed by atoms with Crippen LogP contribution < -0.4 is 0 Å². The largest absolute Gasteiger partial charge is 0.465 e. The van der Waals surface area contributed by atoms with Gasteiger partial charge in [-0.25, -0.2) is 4.79 Å². The van der Waals surface area contributed by atoms with Crippen LogP contribution >= 0.6 is 0 Å². The lowest BCUT2D eigenvalue weighted by Crippen LogP contribution is -2.04. The average molecular weight is 330 g/mol. The fraction of sp³-hybridized carbons (Fsp3) is 0.105. The van der Waals surface area contributed by atoms with Crippen LogP contribution in [0.4, 0.5) is 13.2 Å². The van der Waals surface area contributed by atoms with Crippen molar-refractivity contribution in [1.82, 2.24) is 0 Å². The predicted octanol–water partition coefficient (Wildman–Crippen LogP) is 5.31. The van der Waals surface area contributed by atoms with E-state index in [0.29, 0.717) is 16.7 Å². The lowest BCUT2D eigenvalue weighted by atomic mass is 9.98. The lowest BCUT2D eigenvalue weighted by Gasteiger charge is -2.10. The molecule has 0 aliphatic carbocycles. The zero-order chi connectivity index (χ0) is 17.3. The van der Waals surface area contributed by atoms with Crippen molar-refractivity contribution in [2.24, 2.45) is 0 Å². The minimum Gasteiger partial charge on any atom is -0.465 e. The molecule has 5 heteroatoms. The molecular formula is C19H13F3O2. The zero-order valence-corrected chi connectivity index (χ0v) is 12.7. The number of carbonyl (C=O) groups excluding carboxylic acids is 1. The van der Waals surface area contributed by atoms with E-state index in [1.165, 1.54) is 13.2 Å². The molecule has 3 aromatic rings. The highest BCUT2D eigenvalue weighted by atomic mass is 19.4. The quantitative estimate of drug-likeness (QED) is 0.595. The molecule has 2 nitrogen and oxygen atoms in total. The van der Waals surface area contributed by atoms with Gasteiger partial charge in [-0.2, -0.15) is 13.2 Å². The van der Waals surface area contributed by atoms with Gasteiger partial charge in [0.05, 0.1) is 18.2 Å². The number of ether oxygens (including phenoxy) is 1. The van der Waals surface area contributed by atoms with Crippen LogP contribution in [0.1, 0.15) is 15.9 Å². The van der Waals surface area contributed by atoms with Gasteiger partial charge in [0.1, 0.15) is 0 Å². The molecule has 24 heavy (non-hydrogen) atoms. The van der Waals surface area contributed by atoms with Crippen LogP contribution in [0.15, 0.2) is 60.7 Å². The molecule has 0 aromatic heterocycles. The third kappa shape index (κ3) is 3.11. The van der Waals surface area contributed by atoms with Crippen molar-refractivity contribution in [3.63, 3.8) is 0 Å². The maximum atomic E-state index is 12.8. The Bertz CT molecular complexity index is 914. The summed E-state index contributed by atoms with van der Waals surface area (Å²) in [4.78, 5) is 11.5. The van der Waals surface area contributed by atoms with Crippen molar-refractivity contribution in [3.05, 3.63) is 71.8 Å². The normalized spacial score (nSPS) is 11.5. The van der Waals surface area contributed by atoms with Crippen LogP contribution in [-0.2, 0) is 10.9 Å². The summed E-state index contributed by atoms with van der Waals surface area (Å²) in [6, 6.07) is 15.6. The molecule has 0 unspecified atom stereocenters. The minimum atomic E-state index is -4.37. The van der Waals surface area contributed by atoms with E-state index in [1.807, 2.05) is 0 Å². The van der Waals surface area contributed by atoms with E-state index in [-0.39, 0.29) is 0 Å². The highest BCUT2D eigenvalue weighted by molar-refractivity contribution is 5.96. The van der Waals surface area contributed by atoms with E-state index in [2.05, 4.69) is 4.74 Å². The molecule has 0 saturated carbocycles. The topological polar surface area (TPSA) is 26.3 Å². The number of esters is 1. The molecule has 0 bridgehead atoms. The summed E-state index contributed by atoms with van der Waals surface area (Å²) in [6.07, 6.45) is -4.37. The van der Waals surface area contributed by atoms with E-state index < -0.39 is 17.7 Å². The number of hydrogen-bond acceptors (Lipinski definition) is 2. The first-order chi connectivity index (χ1) is 11.4. The van der Waals surface area contributed by atoms with Crippen LogP contribution in [0.25, 0.3) is 21.9 Å². The molecule has 0 spiro atoms. The number of rotatable bonds is 2. The van der Waals surface area contributed by atoms with Gasteiger partial charge in [-0.1, -0.05) is 30.3 Å². The molecule has 3 aromatic carbocycles. The van der Waals surface area contributed by atoms with Crippen molar-refractivity contribution in [3.8, 4) is 11.1 Å². The van der Waals surface area contributed by atoms with E-state index in [9.17, 15) is 18.0 Å². The molecule has 0 amide bonds. The molecule has 122 valence electrons. The Balaban J connectivity index is 2.04. The van der Waals surface area contributed by atoms with Gasteiger partial charge in [-0.3, -0.25) is 0 Å². The first-order valence-electron chi connectivity index (χ1n) is 7.18. The van der Waals surface area contributed by atoms with E-state index >= 15 is 0 Å². The van der Waals surface area contributed by atoms with Crippen LogP contribution in [0.2, 0.25) is 0 Å². The Morgan fingerprint density at radius 3 is 2.25 bits per heavy atom. The van der Waals surface area contributed by atoms with Crippen molar-refractivity contribution in [2.75, 3.05) is 7.11 Å². The molecule has 0 atom stereocenters. The summed E-state index contributed by atoms with van der Waals surface area (Å²) in [7, 11) is 1.31. The van der Waals surface area contributed by atoms with Gasteiger partial charge in [0.15, 0.2) is 0 Å². The van der Waals surface area contributed by atoms with Gasteiger partial charge in [0.25, 0.3) is 0 Å². The van der Waals surface area contributed by atoms with Gasteiger partial charge in [0.2, 0.25) is 0 Å². The second-order valence-electron chi connectivity index (χ2n) is 5.35. The van der Waals surface area contributed by atoms with Gasteiger partial charge in [-0.05, 0) is 52.2 Å². The molecule has 0 fully saturated rings. The number of hydrogen-bond donors (Lipinski definition) is 0. The summed E-state index contributed by atoms with van der Waals surface area (Å²) in [5, 5.41) is 1.64. The Kier molecular flexibility index (Phi) is 4.01. The Labute approximate surface area is 136 Å². The summed E-state index contributed by atoms with van der Waals surface area (Å²) in [5.74, 6) is -0.432. The number of alkyl halides is 3. The molecule has 0 heterocycles. The molecule has 0 aliphatic rings. The van der Waals surface area contributed by atoms with Crippen LogP contribution in [-0.4, -0.2) is 13.1 Å². The van der Waals surface area contributed by atoms with Crippen LogP contribution in [0, 0.1) is 0 Å². The first kappa shape index (κ1) is 16.1. The maximum absolute atomic E-state index is 12.8. The summed E-state index contributed by atoms with van der Waals surface area (Å²) >= 11 is 0. The number of halogens is 3. The fourth-order valence-electron chi connectivity index (χ4n) is 2.55. The third-order valence-electron chi connectivity index (χ3n) is 3.78. The Morgan fingerprint density at radius 1 is 0.875 bits per heavy atom. The summed E-state index contributed by atoms with van der Waals surface area (Å²) in [5.41, 5.74) is 0.918. The fourth-order valence-corrected chi connectivity index (χ4v) is 2.55. The maximum Gasteiger partial charge on any atom is 0.416 e. The van der Waals surface area contributed by atoms with Crippen molar-refractivity contribution < 1.29 is 22.7 Å². The molecule has 0 radical (unpaired) electrons. The second-order valence-corrected chi connectivity index (χ2v) is 5.35. The number of benzene rings is 3. The van der Waals surface area contributed by atoms with Crippen LogP contribution in [0.3, 0.4) is 0 Å².